The van der Waals surface area contributed by atoms with Crippen LogP contribution >= 0.6 is 0 Å². The van der Waals surface area contributed by atoms with Crippen molar-refractivity contribution in [3.63, 3.8) is 0 Å². The Hall–Kier alpha value is -3.37. The van der Waals surface area contributed by atoms with E-state index in [-0.39, 0.29) is 0 Å². The zero-order chi connectivity index (χ0) is 24.3. The third kappa shape index (κ3) is 7.56. The van der Waals surface area contributed by atoms with E-state index in [1.54, 1.807) is 12.1 Å². The standard InChI is InChI=1S/C11H8O2.3C7H7.Sn.H/c12-11(13)10-7-3-5-8-4-1-2-6-9(8)10;3*1-7-5-3-2-4-6-7;;/h1-7H,(H,12,13);3*2-6H,1H2;;. The summed E-state index contributed by atoms with van der Waals surface area (Å²) in [5.74, 6) is -0.878. The van der Waals surface area contributed by atoms with Crippen molar-refractivity contribution in [2.45, 2.75) is 13.3 Å². The van der Waals surface area contributed by atoms with E-state index in [1.165, 1.54) is 30.0 Å². The van der Waals surface area contributed by atoms with E-state index in [0.717, 1.165) is 10.8 Å². The normalized spacial score (nSPS) is 10.5. The van der Waals surface area contributed by atoms with E-state index in [9.17, 15) is 4.79 Å². The SMILES string of the molecule is O=C(O)c1cccc2ccccc12.c1ccc([CH2][SnH]([CH2]c2ccccc2)[CH2]c2ccccc2)cc1. The predicted octanol–water partition coefficient (Wildman–Crippen LogP) is 7.10. The van der Waals surface area contributed by atoms with Crippen molar-refractivity contribution >= 4 is 36.5 Å². The van der Waals surface area contributed by atoms with Gasteiger partial charge in [-0.25, -0.2) is 4.79 Å². The van der Waals surface area contributed by atoms with E-state index in [1.807, 2.05) is 30.3 Å². The molecule has 1 N–H and O–H groups in total. The van der Waals surface area contributed by atoms with Crippen LogP contribution in [0.4, 0.5) is 0 Å². The third-order valence-corrected chi connectivity index (χ3v) is 15.1. The van der Waals surface area contributed by atoms with Gasteiger partial charge in [0.05, 0.1) is 5.56 Å². The molecule has 5 aromatic rings. The summed E-state index contributed by atoms with van der Waals surface area (Å²) in [6.45, 7) is 0. The van der Waals surface area contributed by atoms with Gasteiger partial charge in [0.25, 0.3) is 0 Å². The van der Waals surface area contributed by atoms with E-state index >= 15 is 0 Å². The number of benzene rings is 5. The van der Waals surface area contributed by atoms with E-state index in [0.29, 0.717) is 5.56 Å². The van der Waals surface area contributed by atoms with Crippen molar-refractivity contribution in [1.29, 1.82) is 0 Å². The molecule has 0 unspecified atom stereocenters. The van der Waals surface area contributed by atoms with Crippen LogP contribution < -0.4 is 0 Å². The molecule has 0 amide bonds. The van der Waals surface area contributed by atoms with Gasteiger partial charge in [-0.3, -0.25) is 0 Å². The molecule has 35 heavy (non-hydrogen) atoms. The van der Waals surface area contributed by atoms with Crippen molar-refractivity contribution < 1.29 is 9.90 Å². The summed E-state index contributed by atoms with van der Waals surface area (Å²) in [6, 6.07) is 45.8. The first-order valence-electron chi connectivity index (χ1n) is 12.0. The average Bonchev–Trinajstić information content (AvgIpc) is 2.90. The quantitative estimate of drug-likeness (QED) is 0.214. The topological polar surface area (TPSA) is 37.3 Å². The summed E-state index contributed by atoms with van der Waals surface area (Å²) in [7, 11) is 0. The Bertz CT molecular complexity index is 1230. The minimum absolute atomic E-state index is 0.359. The second-order valence-corrected chi connectivity index (χ2v) is 17.2. The first-order valence-corrected chi connectivity index (χ1v) is 19.0. The van der Waals surface area contributed by atoms with Crippen LogP contribution in [0.5, 0.6) is 0 Å². The molecule has 0 spiro atoms. The fourth-order valence-electron chi connectivity index (χ4n) is 4.47. The average molecular weight is 565 g/mol. The zero-order valence-corrected chi connectivity index (χ0v) is 23.1. The Morgan fingerprint density at radius 1 is 0.514 bits per heavy atom. The van der Waals surface area contributed by atoms with Crippen LogP contribution in [-0.2, 0) is 13.3 Å². The maximum absolute atomic E-state index is 10.8. The summed E-state index contributed by atoms with van der Waals surface area (Å²) in [5.41, 5.74) is 4.93. The Labute approximate surface area is 214 Å². The molecule has 0 aromatic heterocycles. The molecule has 0 heterocycles. The monoisotopic (exact) mass is 566 g/mol. The first kappa shape index (κ1) is 24.7. The second-order valence-electron chi connectivity index (χ2n) is 8.77. The van der Waals surface area contributed by atoms with Crippen molar-refractivity contribution in [3.8, 4) is 0 Å². The van der Waals surface area contributed by atoms with Crippen LogP contribution in [0, 0.1) is 0 Å². The number of rotatable bonds is 7. The van der Waals surface area contributed by atoms with Crippen molar-refractivity contribution in [2.24, 2.45) is 0 Å². The van der Waals surface area contributed by atoms with Crippen molar-refractivity contribution in [3.05, 3.63) is 156 Å². The summed E-state index contributed by atoms with van der Waals surface area (Å²) in [4.78, 5) is 10.8. The van der Waals surface area contributed by atoms with Gasteiger partial charge in [0.1, 0.15) is 0 Å². The van der Waals surface area contributed by atoms with Crippen molar-refractivity contribution in [2.75, 3.05) is 0 Å². The summed E-state index contributed by atoms with van der Waals surface area (Å²) < 4.78 is 4.02. The summed E-state index contributed by atoms with van der Waals surface area (Å²) >= 11 is -1.70. The van der Waals surface area contributed by atoms with Crippen LogP contribution in [0.25, 0.3) is 10.8 Å². The molecule has 174 valence electrons. The molecule has 0 saturated heterocycles. The van der Waals surface area contributed by atoms with Gasteiger partial charge in [-0.2, -0.15) is 0 Å². The van der Waals surface area contributed by atoms with Gasteiger partial charge < -0.3 is 5.11 Å². The Kier molecular flexibility index (Phi) is 9.13. The fourth-order valence-corrected chi connectivity index (χ4v) is 13.7. The van der Waals surface area contributed by atoms with E-state index in [4.69, 9.17) is 5.11 Å². The van der Waals surface area contributed by atoms with Crippen LogP contribution in [0.1, 0.15) is 27.0 Å². The second kappa shape index (κ2) is 12.9. The number of aromatic carboxylic acids is 1. The van der Waals surface area contributed by atoms with Gasteiger partial charge in [0.2, 0.25) is 0 Å². The third-order valence-electron chi connectivity index (χ3n) is 6.12. The molecule has 0 aliphatic rings. The molecule has 0 atom stereocenters. The molecular formula is C32H30O2Sn. The van der Waals surface area contributed by atoms with Gasteiger partial charge in [-0.15, -0.1) is 0 Å². The molecule has 5 rings (SSSR count). The van der Waals surface area contributed by atoms with Gasteiger partial charge in [-0.05, 0) is 16.8 Å². The van der Waals surface area contributed by atoms with Crippen LogP contribution in [0.2, 0.25) is 0 Å². The number of hydrogen-bond acceptors (Lipinski definition) is 1. The molecule has 0 bridgehead atoms. The predicted molar refractivity (Wildman–Crippen MR) is 148 cm³/mol. The molecule has 2 nitrogen and oxygen atoms in total. The van der Waals surface area contributed by atoms with Gasteiger partial charge in [0.15, 0.2) is 0 Å². The van der Waals surface area contributed by atoms with E-state index in [2.05, 4.69) is 91.0 Å². The Morgan fingerprint density at radius 2 is 0.914 bits per heavy atom. The molecule has 0 aliphatic carbocycles. The number of fused-ring (bicyclic) bond motifs is 1. The molecule has 0 radical (unpaired) electrons. The molecule has 0 fully saturated rings. The molecule has 3 heteroatoms. The van der Waals surface area contributed by atoms with Crippen molar-refractivity contribution in [1.82, 2.24) is 0 Å². The van der Waals surface area contributed by atoms with Crippen LogP contribution in [0.3, 0.4) is 0 Å². The fraction of sp³-hybridized carbons (Fsp3) is 0.0938. The number of carboxylic acid groups (broad SMARTS) is 1. The number of carbonyl (C=O) groups is 1. The Morgan fingerprint density at radius 3 is 1.37 bits per heavy atom. The number of hydrogen-bond donors (Lipinski definition) is 1. The molecule has 5 aromatic carbocycles. The first-order chi connectivity index (χ1) is 17.2. The van der Waals surface area contributed by atoms with Gasteiger partial charge in [-0.1, -0.05) is 36.4 Å². The van der Waals surface area contributed by atoms with Gasteiger partial charge in [0, 0.05) is 0 Å². The minimum atomic E-state index is -1.70. The van der Waals surface area contributed by atoms with Crippen LogP contribution in [-0.4, -0.2) is 30.8 Å². The molecule has 0 aliphatic heterocycles. The summed E-state index contributed by atoms with van der Waals surface area (Å²) in [6.07, 6.45) is 0. The maximum atomic E-state index is 10.8. The molecular weight excluding hydrogens is 535 g/mol. The zero-order valence-electron chi connectivity index (χ0n) is 19.8. The number of carboxylic acids is 1. The van der Waals surface area contributed by atoms with Gasteiger partial charge >= 0.3 is 147 Å². The Balaban J connectivity index is 0.000000189. The molecule has 0 saturated carbocycles. The van der Waals surface area contributed by atoms with E-state index < -0.39 is 25.7 Å². The van der Waals surface area contributed by atoms with Crippen LogP contribution in [0.15, 0.2) is 133 Å². The summed E-state index contributed by atoms with van der Waals surface area (Å²) in [5, 5.41) is 10.6.